The summed E-state index contributed by atoms with van der Waals surface area (Å²) in [5.74, 6) is 11.8. The minimum atomic E-state index is -4.33. The molecule has 0 radical (unpaired) electrons. The molecule has 0 saturated carbocycles. The van der Waals surface area contributed by atoms with Crippen LogP contribution in [-0.4, -0.2) is 107 Å². The van der Waals surface area contributed by atoms with Crippen molar-refractivity contribution in [3.05, 3.63) is 402 Å². The van der Waals surface area contributed by atoms with E-state index in [-0.39, 0.29) is 63.6 Å². The number of methoxy groups -OCH3 is 15. The molecule has 0 spiro atoms. The Morgan fingerprint density at radius 2 is 0.521 bits per heavy atom. The molecule has 0 heterocycles. The quantitative estimate of drug-likeness (QED) is 0.0241. The van der Waals surface area contributed by atoms with Crippen molar-refractivity contribution in [2.24, 2.45) is 0 Å². The third-order valence-corrected chi connectivity index (χ3v) is 42.7. The Morgan fingerprint density at radius 1 is 0.247 bits per heavy atom. The largest absolute Gasteiger partial charge is 0.496 e. The van der Waals surface area contributed by atoms with Gasteiger partial charge in [0.2, 0.25) is 0 Å². The Balaban J connectivity index is 0.000000190. The molecule has 0 saturated heterocycles. The Bertz CT molecular complexity index is 6460. The molecule has 770 valence electrons. The third-order valence-electron chi connectivity index (χ3n) is 20.7. The van der Waals surface area contributed by atoms with Crippen molar-refractivity contribution >= 4 is 39.1 Å². The van der Waals surface area contributed by atoms with Gasteiger partial charge in [-0.3, -0.25) is 0 Å². The lowest BCUT2D eigenvalue weighted by molar-refractivity contribution is -0.599. The summed E-state index contributed by atoms with van der Waals surface area (Å²) in [6, 6.07) is 95.5. The summed E-state index contributed by atoms with van der Waals surface area (Å²) in [5, 5.41) is 2.13. The zero-order chi connectivity index (χ0) is 106. The fourth-order valence-corrected chi connectivity index (χ4v) is 32.9. The molecule has 0 unspecified atom stereocenters. The van der Waals surface area contributed by atoms with Crippen LogP contribution in [0.4, 0.5) is 26.3 Å². The van der Waals surface area contributed by atoms with Crippen LogP contribution in [0.1, 0.15) is 64.3 Å². The van der Waals surface area contributed by atoms with Gasteiger partial charge in [-0.1, -0.05) is 167 Å². The van der Waals surface area contributed by atoms with E-state index in [0.717, 1.165) is 115 Å². The molecule has 15 nitrogen and oxygen atoms in total. The summed E-state index contributed by atoms with van der Waals surface area (Å²) in [6.45, 7) is 12.7. The van der Waals surface area contributed by atoms with E-state index in [1.807, 2.05) is 93.6 Å². The van der Waals surface area contributed by atoms with Crippen LogP contribution < -0.4 is 219 Å². The fraction of sp³-hybridized carbons (Fsp3) is 0.217. The molecule has 0 fully saturated rings. The molecule has 0 N–H and O–H groups in total. The molecule has 0 bridgehead atoms. The van der Waals surface area contributed by atoms with Crippen LogP contribution in [0, 0.1) is 77.7 Å². The molecule has 15 aromatic carbocycles. The predicted octanol–water partition coefficient (Wildman–Crippen LogP) is 7.10. The van der Waals surface area contributed by atoms with Crippen molar-refractivity contribution in [1.82, 2.24) is 0 Å². The summed E-state index contributed by atoms with van der Waals surface area (Å²) in [7, 11) is 24.5. The average molecular weight is 2890 g/mol. The maximum absolute atomic E-state index is 12.7. The van der Waals surface area contributed by atoms with Gasteiger partial charge in [0.05, 0.1) is 118 Å². The lowest BCUT2D eigenvalue weighted by Gasteiger charge is -2.08. The first-order valence-corrected chi connectivity index (χ1v) is 61.5. The zero-order valence-corrected chi connectivity index (χ0v) is 102. The minimum Gasteiger partial charge on any atom is -0.496 e. The van der Waals surface area contributed by atoms with Crippen LogP contribution in [0.15, 0.2) is 297 Å². The van der Waals surface area contributed by atoms with Crippen LogP contribution in [0.3, 0.4) is 0 Å². The first-order valence-electron chi connectivity index (χ1n) is 44.6. The van der Waals surface area contributed by atoms with Crippen molar-refractivity contribution in [1.29, 1.82) is 0 Å². The number of hydrogen-bond acceptors (Lipinski definition) is 15. The van der Waals surface area contributed by atoms with Crippen molar-refractivity contribution in [2.75, 3.05) is 107 Å². The number of halogens is 16. The maximum atomic E-state index is 12.7. The molecule has 0 amide bonds. The van der Waals surface area contributed by atoms with Crippen LogP contribution in [0.5, 0.6) is 86.2 Å². The summed E-state index contributed by atoms with van der Waals surface area (Å²) < 4.78 is 173. The first-order chi connectivity index (χ1) is 70.1. The molecule has 146 heavy (non-hydrogen) atoms. The first kappa shape index (κ1) is 121. The molecule has 0 aliphatic heterocycles. The fourth-order valence-electron chi connectivity index (χ4n) is 13.3. The molecule has 0 aliphatic carbocycles. The van der Waals surface area contributed by atoms with Gasteiger partial charge in [-0.15, -0.1) is 0 Å². The molecular formula is C115H115BrCl2F6I7O15+7. The maximum Gasteiger partial charge on any atom is 0.416 e. The Morgan fingerprint density at radius 3 is 0.836 bits per heavy atom. The van der Waals surface area contributed by atoms with Gasteiger partial charge in [0.15, 0.2) is 89.6 Å². The highest BCUT2D eigenvalue weighted by Gasteiger charge is 2.37. The molecule has 0 aromatic heterocycles. The van der Waals surface area contributed by atoms with Gasteiger partial charge in [-0.2, -0.15) is 26.3 Å². The van der Waals surface area contributed by atoms with Crippen molar-refractivity contribution in [2.45, 2.75) is 65.1 Å². The second-order valence-corrected chi connectivity index (χ2v) is 52.8. The van der Waals surface area contributed by atoms with Gasteiger partial charge < -0.3 is 71.1 Å². The van der Waals surface area contributed by atoms with E-state index in [2.05, 4.69) is 194 Å². The van der Waals surface area contributed by atoms with Crippen LogP contribution in [0.2, 0.25) is 10.0 Å². The number of aryl methyl sites for hydroxylation is 4. The second-order valence-electron chi connectivity index (χ2n) is 31.1. The van der Waals surface area contributed by atoms with Gasteiger partial charge in [0.25, 0.3) is 17.9 Å². The van der Waals surface area contributed by atoms with Crippen LogP contribution in [-0.2, 0) is 17.7 Å². The zero-order valence-electron chi connectivity index (χ0n) is 84.2. The highest BCUT2D eigenvalue weighted by Crippen LogP contribution is 2.35. The molecule has 31 heteroatoms. The summed E-state index contributed by atoms with van der Waals surface area (Å²) in [5.41, 5.74) is 8.83. The number of alkyl halides is 7. The van der Waals surface area contributed by atoms with Crippen molar-refractivity contribution in [3.63, 3.8) is 0 Å². The van der Waals surface area contributed by atoms with E-state index in [1.165, 1.54) is 104 Å². The van der Waals surface area contributed by atoms with E-state index < -0.39 is 108 Å². The van der Waals surface area contributed by atoms with Crippen LogP contribution in [0.25, 0.3) is 11.1 Å². The van der Waals surface area contributed by atoms with E-state index >= 15 is 0 Å². The van der Waals surface area contributed by atoms with Crippen molar-refractivity contribution in [3.8, 4) is 97.4 Å². The topological polar surface area (TPSA) is 138 Å². The summed E-state index contributed by atoms with van der Waals surface area (Å²) >= 11 is 12.5. The molecule has 0 atom stereocenters. The lowest BCUT2D eigenvalue weighted by Crippen LogP contribution is -3.62. The number of benzene rings is 15. The summed E-state index contributed by atoms with van der Waals surface area (Å²) in [4.78, 5) is 0. The standard InChI is InChI=1S/C21H20IO3.C16H17BrIO3.C16H15F3IO3.C16H15F3I.C16H18I.C15H14Cl2IO3.C15H16IO3/c1-23-18-13-19(24-2)21(20(14-18)25-3)22-17-11-9-16(10-12-17)15-7-5-4-6-8-15;1-19-13-8-14(20-2)16(15(9-13)21-3)18-12-6-4-11(10-17)5-7-12;1-21-12-8-13(22-2)15(14(9-12)23-3)20-11-6-4-10(5-7-11)16(17,18)19;1-10-7-11(2)15(12(3)8-10)20-14-6-4-5-13(9-14)16(17,18)19;1-12(2)14-6-10-16(11-7-14)17-15-8-4-13(3)5-9-15;1-19-12-7-13(20-2)15(14(8-12)21-3)18-11-5-9(16)4-10(17)6-11;1-17-12-9-13(18-2)15(14(10-12)19-3)16-11-7-5-4-6-8-11/h4-14H,1-3H3;4-9H,10H2,1-3H3;4-9H,1-3H3;4-9H,1-3H3;4-12H,1-3H3;4-8H,1-3H3;4-10H,1-3H3/q7*+1. The van der Waals surface area contributed by atoms with Gasteiger partial charge in [0, 0.05) is 105 Å². The Labute approximate surface area is 944 Å². The summed E-state index contributed by atoms with van der Waals surface area (Å²) in [6.07, 6.45) is -8.59. The molecule has 15 rings (SSSR count). The number of rotatable bonds is 32. The Kier molecular flexibility index (Phi) is 50.7. The van der Waals surface area contributed by atoms with E-state index in [1.54, 1.807) is 117 Å². The van der Waals surface area contributed by atoms with E-state index in [0.29, 0.717) is 39.0 Å². The van der Waals surface area contributed by atoms with Crippen molar-refractivity contribution < 1.29 is 246 Å². The average Bonchev–Trinajstić information content (AvgIpc) is 0.827. The molecule has 0 aliphatic rings. The highest BCUT2D eigenvalue weighted by molar-refractivity contribution is 9.08. The van der Waals surface area contributed by atoms with Crippen LogP contribution >= 0.6 is 39.1 Å². The van der Waals surface area contributed by atoms with Gasteiger partial charge in [-0.25, -0.2) is 0 Å². The van der Waals surface area contributed by atoms with Gasteiger partial charge >= 0.3 is 161 Å². The SMILES string of the molecule is COc1cc(OC)c([I+]c2cc(Cl)cc(Cl)c2)c(OC)c1.COc1cc(OC)c([I+]c2ccc(-c3ccccc3)cc2)c(OC)c1.COc1cc(OC)c([I+]c2ccc(C(F)(F)F)cc2)c(OC)c1.COc1cc(OC)c([I+]c2ccc(CBr)cc2)c(OC)c1.COc1cc(OC)c([I+]c2ccccc2)c(OC)c1.Cc1cc(C)c([I+]c2cccc(C(F)(F)F)c2)c(C)c1.Cc1ccc([I+]c2ccc(C(C)C)cc2)cc1. The smallest absolute Gasteiger partial charge is 0.416 e. The number of ether oxygens (including phenoxy) is 15. The Hall–Kier alpha value is -8.95. The van der Waals surface area contributed by atoms with E-state index in [9.17, 15) is 26.3 Å². The van der Waals surface area contributed by atoms with Gasteiger partial charge in [0.1, 0.15) is 28.7 Å². The minimum absolute atomic E-state index is 0.0167. The highest BCUT2D eigenvalue weighted by atomic mass is 127. The second kappa shape index (κ2) is 61.4. The molecule has 15 aromatic rings. The lowest BCUT2D eigenvalue weighted by atomic mass is 10.0. The predicted molar refractivity (Wildman–Crippen MR) is 541 cm³/mol. The van der Waals surface area contributed by atoms with Gasteiger partial charge in [-0.05, 0) is 171 Å². The third kappa shape index (κ3) is 37.3. The number of hydrogen-bond donors (Lipinski definition) is 0. The normalized spacial score (nSPS) is 10.7. The molecular weight excluding hydrogens is 2770 g/mol. The van der Waals surface area contributed by atoms with E-state index in [4.69, 9.17) is 94.3 Å². The monoisotopic (exact) mass is 2890 g/mol.